The number of aromatic nitrogens is 5. The highest BCUT2D eigenvalue weighted by Crippen LogP contribution is 2.31. The summed E-state index contributed by atoms with van der Waals surface area (Å²) in [6.45, 7) is 8.18. The van der Waals surface area contributed by atoms with Crippen molar-refractivity contribution in [2.24, 2.45) is 0 Å². The minimum absolute atomic E-state index is 0.0633. The molecule has 4 N–H and O–H groups in total. The van der Waals surface area contributed by atoms with Gasteiger partial charge in [0, 0.05) is 4.88 Å². The van der Waals surface area contributed by atoms with Crippen molar-refractivity contribution < 1.29 is 0 Å². The highest BCUT2D eigenvalue weighted by Gasteiger charge is 2.20. The van der Waals surface area contributed by atoms with Crippen molar-refractivity contribution in [2.45, 2.75) is 45.0 Å². The molecule has 8 nitrogen and oxygen atoms in total. The zero-order valence-electron chi connectivity index (χ0n) is 17.8. The molecular formula is C21H23N7OS2. The molecule has 10 heteroatoms. The summed E-state index contributed by atoms with van der Waals surface area (Å²) in [7, 11) is 0. The van der Waals surface area contributed by atoms with E-state index >= 15 is 0 Å². The van der Waals surface area contributed by atoms with Crippen LogP contribution < -0.4 is 17.0 Å². The maximum Gasteiger partial charge on any atom is 0.267 e. The number of fused-ring (bicyclic) bond motifs is 1. The summed E-state index contributed by atoms with van der Waals surface area (Å²) < 4.78 is 1.68. The van der Waals surface area contributed by atoms with Gasteiger partial charge < -0.3 is 11.5 Å². The van der Waals surface area contributed by atoms with Crippen LogP contribution in [0.1, 0.15) is 34.3 Å². The average Bonchev–Trinajstić information content (AvgIpc) is 3.03. The van der Waals surface area contributed by atoms with Gasteiger partial charge >= 0.3 is 0 Å². The Balaban J connectivity index is 1.89. The van der Waals surface area contributed by atoms with E-state index in [1.807, 2.05) is 39.0 Å². The van der Waals surface area contributed by atoms with E-state index in [0.717, 1.165) is 38.5 Å². The number of thiophene rings is 1. The summed E-state index contributed by atoms with van der Waals surface area (Å²) in [6.07, 6.45) is 0.783. The molecule has 1 aromatic carbocycles. The first-order chi connectivity index (χ1) is 14.8. The summed E-state index contributed by atoms with van der Waals surface area (Å²) in [6, 6.07) is 5.98. The number of nitrogens with zero attached hydrogens (tertiary/aromatic N) is 5. The molecule has 0 amide bonds. The quantitative estimate of drug-likeness (QED) is 0.347. The van der Waals surface area contributed by atoms with Crippen molar-refractivity contribution in [2.75, 3.05) is 11.5 Å². The molecule has 160 valence electrons. The van der Waals surface area contributed by atoms with Crippen LogP contribution in [-0.4, -0.2) is 24.5 Å². The molecule has 4 rings (SSSR count). The zero-order chi connectivity index (χ0) is 22.3. The normalized spacial score (nSPS) is 11.4. The number of rotatable bonds is 5. The van der Waals surface area contributed by atoms with E-state index in [4.69, 9.17) is 16.5 Å². The lowest BCUT2D eigenvalue weighted by molar-refractivity contribution is 0.818. The lowest BCUT2D eigenvalue weighted by Gasteiger charge is -2.14. The van der Waals surface area contributed by atoms with Gasteiger partial charge in [0.2, 0.25) is 11.9 Å². The number of nitrogen functional groups attached to an aromatic ring is 2. The van der Waals surface area contributed by atoms with E-state index in [9.17, 15) is 4.79 Å². The van der Waals surface area contributed by atoms with Crippen molar-refractivity contribution in [3.8, 4) is 5.69 Å². The first kappa shape index (κ1) is 21.3. The van der Waals surface area contributed by atoms with Gasteiger partial charge in [-0.05, 0) is 56.0 Å². The first-order valence-electron chi connectivity index (χ1n) is 9.79. The van der Waals surface area contributed by atoms with Crippen LogP contribution in [0.5, 0.6) is 0 Å². The van der Waals surface area contributed by atoms with Crippen molar-refractivity contribution in [1.29, 1.82) is 0 Å². The standard InChI is InChI=1S/C21H23N7OS2/c1-5-14-12(4)31-17-16(14)18(29)28(13-7-6-10(2)11(3)8-13)21(26-17)30-9-15-24-19(22)27-20(23)25-15/h6-8H,5,9H2,1-4H3,(H4,22,23,24,25,27). The van der Waals surface area contributed by atoms with E-state index in [2.05, 4.69) is 21.9 Å². The molecule has 4 aromatic rings. The summed E-state index contributed by atoms with van der Waals surface area (Å²) in [5, 5.41) is 1.27. The number of nitrogens with two attached hydrogens (primary N) is 2. The Morgan fingerprint density at radius 1 is 1.03 bits per heavy atom. The lowest BCUT2D eigenvalue weighted by Crippen LogP contribution is -2.22. The molecule has 0 atom stereocenters. The number of anilines is 2. The fourth-order valence-electron chi connectivity index (χ4n) is 3.46. The molecule has 31 heavy (non-hydrogen) atoms. The van der Waals surface area contributed by atoms with E-state index in [0.29, 0.717) is 22.1 Å². The van der Waals surface area contributed by atoms with Gasteiger partial charge in [-0.15, -0.1) is 11.3 Å². The molecule has 0 aliphatic rings. The van der Waals surface area contributed by atoms with Crippen LogP contribution in [0.25, 0.3) is 15.9 Å². The van der Waals surface area contributed by atoms with E-state index < -0.39 is 0 Å². The largest absolute Gasteiger partial charge is 0.368 e. The second kappa shape index (κ2) is 8.27. The molecule has 0 aliphatic heterocycles. The Morgan fingerprint density at radius 3 is 2.39 bits per heavy atom. The Labute approximate surface area is 187 Å². The van der Waals surface area contributed by atoms with Gasteiger partial charge in [-0.3, -0.25) is 9.36 Å². The molecule has 0 unspecified atom stereocenters. The molecule has 0 radical (unpaired) electrons. The summed E-state index contributed by atoms with van der Waals surface area (Å²) >= 11 is 2.92. The van der Waals surface area contributed by atoms with Crippen LogP contribution in [0.2, 0.25) is 0 Å². The third kappa shape index (κ3) is 4.00. The van der Waals surface area contributed by atoms with Gasteiger partial charge in [-0.25, -0.2) is 4.98 Å². The molecule has 0 aliphatic carbocycles. The van der Waals surface area contributed by atoms with Crippen molar-refractivity contribution in [1.82, 2.24) is 24.5 Å². The third-order valence-electron chi connectivity index (χ3n) is 5.14. The van der Waals surface area contributed by atoms with Crippen LogP contribution in [-0.2, 0) is 12.2 Å². The highest BCUT2D eigenvalue weighted by molar-refractivity contribution is 7.98. The van der Waals surface area contributed by atoms with Gasteiger partial charge in [0.1, 0.15) is 10.7 Å². The van der Waals surface area contributed by atoms with Gasteiger partial charge in [0.15, 0.2) is 5.16 Å². The number of aryl methyl sites for hydroxylation is 4. The maximum atomic E-state index is 13.7. The van der Waals surface area contributed by atoms with Crippen molar-refractivity contribution in [3.05, 3.63) is 55.9 Å². The molecule has 0 spiro atoms. The van der Waals surface area contributed by atoms with Crippen LogP contribution in [0.3, 0.4) is 0 Å². The number of hydrogen-bond donors (Lipinski definition) is 2. The van der Waals surface area contributed by atoms with Gasteiger partial charge in [-0.1, -0.05) is 24.8 Å². The first-order valence-corrected chi connectivity index (χ1v) is 11.6. The van der Waals surface area contributed by atoms with Crippen molar-refractivity contribution in [3.63, 3.8) is 0 Å². The fraction of sp³-hybridized carbons (Fsp3) is 0.286. The van der Waals surface area contributed by atoms with Gasteiger partial charge in [0.25, 0.3) is 5.56 Å². The van der Waals surface area contributed by atoms with Gasteiger partial charge in [-0.2, -0.15) is 15.0 Å². The SMILES string of the molecule is CCc1c(C)sc2nc(SCc3nc(N)nc(N)n3)n(-c3ccc(C)c(C)c3)c(=O)c12. The fourth-order valence-corrected chi connectivity index (χ4v) is 5.49. The maximum absolute atomic E-state index is 13.7. The second-order valence-corrected chi connectivity index (χ2v) is 9.38. The van der Waals surface area contributed by atoms with E-state index in [1.54, 1.807) is 15.9 Å². The minimum atomic E-state index is -0.0633. The monoisotopic (exact) mass is 453 g/mol. The van der Waals surface area contributed by atoms with Crippen LogP contribution in [0, 0.1) is 20.8 Å². The smallest absolute Gasteiger partial charge is 0.267 e. The predicted molar refractivity (Wildman–Crippen MR) is 127 cm³/mol. The average molecular weight is 454 g/mol. The summed E-state index contributed by atoms with van der Waals surface area (Å²) in [5.74, 6) is 0.927. The van der Waals surface area contributed by atoms with Crippen LogP contribution in [0.15, 0.2) is 28.2 Å². The molecule has 0 saturated carbocycles. The second-order valence-electron chi connectivity index (χ2n) is 7.23. The molecule has 0 fully saturated rings. The third-order valence-corrected chi connectivity index (χ3v) is 7.12. The van der Waals surface area contributed by atoms with Crippen molar-refractivity contribution >= 4 is 45.2 Å². The summed E-state index contributed by atoms with van der Waals surface area (Å²) in [4.78, 5) is 32.5. The Hall–Kier alpha value is -2.98. The zero-order valence-corrected chi connectivity index (χ0v) is 19.4. The number of thioether (sulfide) groups is 1. The highest BCUT2D eigenvalue weighted by atomic mass is 32.2. The molecule has 3 heterocycles. The number of hydrogen-bond acceptors (Lipinski definition) is 9. The van der Waals surface area contributed by atoms with Crippen LogP contribution >= 0.6 is 23.1 Å². The van der Waals surface area contributed by atoms with E-state index in [-0.39, 0.29) is 17.5 Å². The molecule has 3 aromatic heterocycles. The molecule has 0 bridgehead atoms. The topological polar surface area (TPSA) is 126 Å². The van der Waals surface area contributed by atoms with Crippen LogP contribution in [0.4, 0.5) is 11.9 Å². The Kier molecular flexibility index (Phi) is 5.67. The molecular weight excluding hydrogens is 430 g/mol. The lowest BCUT2D eigenvalue weighted by atomic mass is 10.1. The molecule has 0 saturated heterocycles. The minimum Gasteiger partial charge on any atom is -0.368 e. The van der Waals surface area contributed by atoms with Gasteiger partial charge in [0.05, 0.1) is 16.8 Å². The van der Waals surface area contributed by atoms with E-state index in [1.165, 1.54) is 11.8 Å². The predicted octanol–water partition coefficient (Wildman–Crippen LogP) is 3.58. The Bertz CT molecular complexity index is 1340. The Morgan fingerprint density at radius 2 is 1.74 bits per heavy atom. The summed E-state index contributed by atoms with van der Waals surface area (Å²) in [5.41, 5.74) is 15.4. The number of benzene rings is 1.